The van der Waals surface area contributed by atoms with E-state index in [2.05, 4.69) is 10.3 Å². The van der Waals surface area contributed by atoms with E-state index in [0.717, 1.165) is 5.56 Å². The smallest absolute Gasteiger partial charge is 0.261 e. The van der Waals surface area contributed by atoms with Crippen LogP contribution >= 0.6 is 0 Å². The third kappa shape index (κ3) is 2.82. The lowest BCUT2D eigenvalue weighted by molar-refractivity contribution is 0.102. The van der Waals surface area contributed by atoms with Gasteiger partial charge < -0.3 is 15.8 Å². The van der Waals surface area contributed by atoms with Crippen LogP contribution in [0.15, 0.2) is 36.5 Å². The van der Waals surface area contributed by atoms with E-state index in [1.165, 1.54) is 7.11 Å². The fraction of sp³-hybridized carbons (Fsp3) is 0.143. The molecule has 0 saturated heterocycles. The molecule has 0 bridgehead atoms. The van der Waals surface area contributed by atoms with E-state index in [4.69, 9.17) is 10.5 Å². The molecular weight excluding hydrogens is 242 g/mol. The highest BCUT2D eigenvalue weighted by atomic mass is 16.5. The van der Waals surface area contributed by atoms with Crippen LogP contribution < -0.4 is 15.8 Å². The normalized spacial score (nSPS) is 10.0. The van der Waals surface area contributed by atoms with Crippen molar-refractivity contribution in [1.29, 1.82) is 0 Å². The molecule has 98 valence electrons. The average Bonchev–Trinajstić information content (AvgIpc) is 2.41. The van der Waals surface area contributed by atoms with E-state index in [1.807, 2.05) is 6.92 Å². The number of benzene rings is 1. The molecule has 0 unspecified atom stereocenters. The first kappa shape index (κ1) is 12.9. The molecule has 0 saturated carbocycles. The molecule has 1 aromatic carbocycles. The Hall–Kier alpha value is -2.56. The van der Waals surface area contributed by atoms with E-state index < -0.39 is 0 Å². The number of methoxy groups -OCH3 is 1. The molecule has 0 fully saturated rings. The highest BCUT2D eigenvalue weighted by Gasteiger charge is 2.13. The van der Waals surface area contributed by atoms with Crippen LogP contribution in [0.2, 0.25) is 0 Å². The number of ether oxygens (including phenoxy) is 1. The molecular formula is C14H15N3O2. The average molecular weight is 257 g/mol. The van der Waals surface area contributed by atoms with Gasteiger partial charge in [-0.3, -0.25) is 4.79 Å². The van der Waals surface area contributed by atoms with Gasteiger partial charge in [0.05, 0.1) is 7.11 Å². The number of nitrogen functional groups attached to an aromatic ring is 1. The van der Waals surface area contributed by atoms with Crippen LogP contribution in [0.5, 0.6) is 5.88 Å². The van der Waals surface area contributed by atoms with E-state index >= 15 is 0 Å². The van der Waals surface area contributed by atoms with Gasteiger partial charge in [0.15, 0.2) is 0 Å². The van der Waals surface area contributed by atoms with Gasteiger partial charge in [0.25, 0.3) is 5.91 Å². The van der Waals surface area contributed by atoms with Crippen molar-refractivity contribution in [2.75, 3.05) is 18.2 Å². The lowest BCUT2D eigenvalue weighted by Gasteiger charge is -2.10. The van der Waals surface area contributed by atoms with E-state index in [1.54, 1.807) is 36.5 Å². The standard InChI is InChI=1S/C14H15N3O2/c1-9-8-10(15)5-6-12(9)17-13(18)11-4-3-7-16-14(11)19-2/h3-8H,15H2,1-2H3,(H,17,18). The molecule has 1 aromatic heterocycles. The summed E-state index contributed by atoms with van der Waals surface area (Å²) < 4.78 is 5.06. The summed E-state index contributed by atoms with van der Waals surface area (Å²) in [5, 5.41) is 2.81. The summed E-state index contributed by atoms with van der Waals surface area (Å²) in [7, 11) is 1.48. The van der Waals surface area contributed by atoms with Crippen LogP contribution in [0.1, 0.15) is 15.9 Å². The monoisotopic (exact) mass is 257 g/mol. The molecule has 0 aliphatic carbocycles. The topological polar surface area (TPSA) is 77.2 Å². The van der Waals surface area contributed by atoms with Gasteiger partial charge >= 0.3 is 0 Å². The second-order valence-corrected chi connectivity index (χ2v) is 4.09. The van der Waals surface area contributed by atoms with Crippen LogP contribution in [0.3, 0.4) is 0 Å². The highest BCUT2D eigenvalue weighted by Crippen LogP contribution is 2.20. The van der Waals surface area contributed by atoms with Crippen molar-refractivity contribution in [1.82, 2.24) is 4.98 Å². The Morgan fingerprint density at radius 2 is 2.16 bits per heavy atom. The summed E-state index contributed by atoms with van der Waals surface area (Å²) in [5.41, 5.74) is 8.34. The molecule has 0 spiro atoms. The number of nitrogens with two attached hydrogens (primary N) is 1. The molecule has 5 heteroatoms. The predicted molar refractivity (Wildman–Crippen MR) is 74.3 cm³/mol. The number of nitrogens with zero attached hydrogens (tertiary/aromatic N) is 1. The van der Waals surface area contributed by atoms with Crippen LogP contribution in [-0.4, -0.2) is 18.0 Å². The fourth-order valence-electron chi connectivity index (χ4n) is 1.74. The second kappa shape index (κ2) is 5.39. The van der Waals surface area contributed by atoms with Gasteiger partial charge in [-0.25, -0.2) is 4.98 Å². The first-order valence-corrected chi connectivity index (χ1v) is 5.78. The Kier molecular flexibility index (Phi) is 3.66. The molecule has 5 nitrogen and oxygen atoms in total. The molecule has 0 aliphatic rings. The van der Waals surface area contributed by atoms with Gasteiger partial charge in [0, 0.05) is 17.6 Å². The molecule has 2 rings (SSSR count). The summed E-state index contributed by atoms with van der Waals surface area (Å²) in [6.07, 6.45) is 1.57. The van der Waals surface area contributed by atoms with Crippen LogP contribution in [0, 0.1) is 6.92 Å². The Balaban J connectivity index is 2.26. The number of pyridine rings is 1. The molecule has 3 N–H and O–H groups in total. The molecule has 0 aliphatic heterocycles. The third-order valence-corrected chi connectivity index (χ3v) is 2.71. The second-order valence-electron chi connectivity index (χ2n) is 4.09. The quantitative estimate of drug-likeness (QED) is 0.827. The Bertz CT molecular complexity index is 611. The van der Waals surface area contributed by atoms with Crippen LogP contribution in [-0.2, 0) is 0 Å². The molecule has 19 heavy (non-hydrogen) atoms. The maximum atomic E-state index is 12.2. The number of carbonyl (C=O) groups is 1. The zero-order valence-electron chi connectivity index (χ0n) is 10.8. The summed E-state index contributed by atoms with van der Waals surface area (Å²) in [6.45, 7) is 1.88. The van der Waals surface area contributed by atoms with E-state index in [0.29, 0.717) is 22.8 Å². The molecule has 1 amide bonds. The summed E-state index contributed by atoms with van der Waals surface area (Å²) in [4.78, 5) is 16.2. The Morgan fingerprint density at radius 1 is 1.37 bits per heavy atom. The zero-order chi connectivity index (χ0) is 13.8. The number of hydrogen-bond donors (Lipinski definition) is 2. The largest absolute Gasteiger partial charge is 0.480 e. The fourth-order valence-corrected chi connectivity index (χ4v) is 1.74. The number of hydrogen-bond acceptors (Lipinski definition) is 4. The zero-order valence-corrected chi connectivity index (χ0v) is 10.8. The molecule has 0 radical (unpaired) electrons. The minimum Gasteiger partial charge on any atom is -0.480 e. The highest BCUT2D eigenvalue weighted by molar-refractivity contribution is 6.06. The van der Waals surface area contributed by atoms with Crippen molar-refractivity contribution in [3.63, 3.8) is 0 Å². The number of nitrogens with one attached hydrogen (secondary N) is 1. The maximum Gasteiger partial charge on any atom is 0.261 e. The first-order valence-electron chi connectivity index (χ1n) is 5.78. The SMILES string of the molecule is COc1ncccc1C(=O)Nc1ccc(N)cc1C. The number of aryl methyl sites for hydroxylation is 1. The van der Waals surface area contributed by atoms with Gasteiger partial charge in [-0.1, -0.05) is 0 Å². The predicted octanol–water partition coefficient (Wildman–Crippen LogP) is 2.23. The van der Waals surface area contributed by atoms with Crippen molar-refractivity contribution in [2.45, 2.75) is 6.92 Å². The third-order valence-electron chi connectivity index (χ3n) is 2.71. The maximum absolute atomic E-state index is 12.2. The minimum atomic E-state index is -0.266. The first-order chi connectivity index (χ1) is 9.11. The van der Waals surface area contributed by atoms with Gasteiger partial charge in [0.2, 0.25) is 5.88 Å². The number of aromatic nitrogens is 1. The van der Waals surface area contributed by atoms with Crippen molar-refractivity contribution in [2.24, 2.45) is 0 Å². The van der Waals surface area contributed by atoms with E-state index in [-0.39, 0.29) is 5.91 Å². The molecule has 1 heterocycles. The lowest BCUT2D eigenvalue weighted by atomic mass is 10.1. The van der Waals surface area contributed by atoms with Crippen LogP contribution in [0.4, 0.5) is 11.4 Å². The van der Waals surface area contributed by atoms with Crippen molar-refractivity contribution in [3.05, 3.63) is 47.7 Å². The van der Waals surface area contributed by atoms with E-state index in [9.17, 15) is 4.79 Å². The van der Waals surface area contributed by atoms with Crippen molar-refractivity contribution < 1.29 is 9.53 Å². The minimum absolute atomic E-state index is 0.266. The van der Waals surface area contributed by atoms with Crippen molar-refractivity contribution >= 4 is 17.3 Å². The summed E-state index contributed by atoms with van der Waals surface area (Å²) >= 11 is 0. The summed E-state index contributed by atoms with van der Waals surface area (Å²) in [5.74, 6) is 0.0333. The number of carbonyl (C=O) groups excluding carboxylic acids is 1. The lowest BCUT2D eigenvalue weighted by Crippen LogP contribution is -2.14. The number of amides is 1. The van der Waals surface area contributed by atoms with Gasteiger partial charge in [-0.05, 0) is 42.8 Å². The summed E-state index contributed by atoms with van der Waals surface area (Å²) in [6, 6.07) is 8.66. The number of rotatable bonds is 3. The molecule has 0 atom stereocenters. The van der Waals surface area contributed by atoms with Crippen LogP contribution in [0.25, 0.3) is 0 Å². The Labute approximate surface area is 111 Å². The van der Waals surface area contributed by atoms with Gasteiger partial charge in [-0.15, -0.1) is 0 Å². The Morgan fingerprint density at radius 3 is 2.84 bits per heavy atom. The molecule has 2 aromatic rings. The van der Waals surface area contributed by atoms with Gasteiger partial charge in [-0.2, -0.15) is 0 Å². The van der Waals surface area contributed by atoms with Gasteiger partial charge in [0.1, 0.15) is 5.56 Å². The van der Waals surface area contributed by atoms with Crippen molar-refractivity contribution in [3.8, 4) is 5.88 Å². The number of anilines is 2.